The van der Waals surface area contributed by atoms with Gasteiger partial charge in [0.25, 0.3) is 5.91 Å². The number of carbonyl (C=O) groups is 1. The van der Waals surface area contributed by atoms with Crippen LogP contribution in [-0.4, -0.2) is 35.6 Å². The molecule has 0 aromatic carbocycles. The SMILES string of the molecule is O=C(N[C@H]1CC2(C1)C[C@H](c1nc3cc(Cl)cnc3o1)C2)c1ccc(S(=O)(=O)C2CC2)o1. The van der Waals surface area contributed by atoms with Gasteiger partial charge in [0, 0.05) is 18.2 Å². The number of hydrogen-bond donors (Lipinski definition) is 1. The van der Waals surface area contributed by atoms with Crippen LogP contribution in [0.15, 0.2) is 38.3 Å². The number of sulfone groups is 1. The number of amides is 1. The third-order valence-corrected chi connectivity index (χ3v) is 9.02. The lowest BCUT2D eigenvalue weighted by atomic mass is 9.50. The molecule has 3 fully saturated rings. The minimum atomic E-state index is -3.43. The van der Waals surface area contributed by atoms with Crippen LogP contribution in [0.2, 0.25) is 5.02 Å². The molecule has 3 aromatic rings. The van der Waals surface area contributed by atoms with Crippen molar-refractivity contribution in [2.45, 2.75) is 60.8 Å². The number of nitrogens with one attached hydrogen (secondary N) is 1. The van der Waals surface area contributed by atoms with Crippen LogP contribution in [0.1, 0.15) is 60.9 Å². The molecule has 3 aliphatic carbocycles. The lowest BCUT2D eigenvalue weighted by molar-refractivity contribution is -0.0257. The molecular formula is C21H20ClN3O5S. The molecule has 0 unspecified atom stereocenters. The largest absolute Gasteiger partial charge is 0.440 e. The maximum atomic E-state index is 12.5. The van der Waals surface area contributed by atoms with Gasteiger partial charge in [0.05, 0.1) is 10.3 Å². The second-order valence-electron chi connectivity index (χ2n) is 9.08. The standard InChI is InChI=1S/C21H20ClN3O5S/c22-12-5-15-20(23-10-12)30-19(25-15)11-6-21(7-11)8-13(9-21)24-18(26)16-3-4-17(29-16)31(27,28)14-1-2-14/h3-5,10-11,13-14H,1-2,6-9H2,(H,24,26)/t11-,13-,21?. The van der Waals surface area contributed by atoms with E-state index in [9.17, 15) is 13.2 Å². The summed E-state index contributed by atoms with van der Waals surface area (Å²) in [5.74, 6) is 0.631. The van der Waals surface area contributed by atoms with Gasteiger partial charge in [-0.1, -0.05) is 11.6 Å². The summed E-state index contributed by atoms with van der Waals surface area (Å²) >= 11 is 5.96. The van der Waals surface area contributed by atoms with Crippen molar-refractivity contribution in [3.63, 3.8) is 0 Å². The highest BCUT2D eigenvalue weighted by molar-refractivity contribution is 7.92. The summed E-state index contributed by atoms with van der Waals surface area (Å²) in [6.07, 6.45) is 6.55. The Labute approximate surface area is 183 Å². The molecule has 6 rings (SSSR count). The van der Waals surface area contributed by atoms with Crippen molar-refractivity contribution in [1.29, 1.82) is 0 Å². The Morgan fingerprint density at radius 2 is 1.94 bits per heavy atom. The molecule has 3 aliphatic rings. The lowest BCUT2D eigenvalue weighted by Gasteiger charge is -2.57. The van der Waals surface area contributed by atoms with E-state index in [4.69, 9.17) is 20.4 Å². The van der Waals surface area contributed by atoms with Crippen molar-refractivity contribution >= 4 is 38.6 Å². The molecule has 0 saturated heterocycles. The van der Waals surface area contributed by atoms with Gasteiger partial charge in [0.1, 0.15) is 5.52 Å². The smallest absolute Gasteiger partial charge is 0.287 e. The van der Waals surface area contributed by atoms with Gasteiger partial charge in [-0.3, -0.25) is 4.79 Å². The number of aromatic nitrogens is 2. The van der Waals surface area contributed by atoms with Crippen molar-refractivity contribution < 1.29 is 22.0 Å². The number of rotatable bonds is 5. The van der Waals surface area contributed by atoms with Crippen LogP contribution in [0, 0.1) is 5.41 Å². The number of oxazole rings is 1. The molecule has 162 valence electrons. The van der Waals surface area contributed by atoms with E-state index in [1.807, 2.05) is 0 Å². The van der Waals surface area contributed by atoms with E-state index < -0.39 is 9.84 Å². The van der Waals surface area contributed by atoms with Crippen molar-refractivity contribution in [3.05, 3.63) is 41.1 Å². The third-order valence-electron chi connectivity index (χ3n) is 6.68. The van der Waals surface area contributed by atoms with Gasteiger partial charge >= 0.3 is 0 Å². The predicted molar refractivity (Wildman–Crippen MR) is 111 cm³/mol. The van der Waals surface area contributed by atoms with Crippen LogP contribution >= 0.6 is 11.6 Å². The van der Waals surface area contributed by atoms with Gasteiger partial charge in [0.15, 0.2) is 5.76 Å². The van der Waals surface area contributed by atoms with Gasteiger partial charge in [-0.05, 0) is 62.1 Å². The number of halogens is 1. The van der Waals surface area contributed by atoms with Crippen LogP contribution in [0.3, 0.4) is 0 Å². The number of carbonyl (C=O) groups excluding carboxylic acids is 1. The predicted octanol–water partition coefficient (Wildman–Crippen LogP) is 3.86. The molecular weight excluding hydrogens is 442 g/mol. The average Bonchev–Trinajstić information content (AvgIpc) is 3.27. The molecule has 3 heterocycles. The summed E-state index contributed by atoms with van der Waals surface area (Å²) in [7, 11) is -3.43. The lowest BCUT2D eigenvalue weighted by Crippen LogP contribution is -2.55. The second kappa shape index (κ2) is 6.56. The van der Waals surface area contributed by atoms with E-state index in [1.54, 1.807) is 12.3 Å². The fraction of sp³-hybridized carbons (Fsp3) is 0.476. The molecule has 31 heavy (non-hydrogen) atoms. The summed E-state index contributed by atoms with van der Waals surface area (Å²) in [6, 6.07) is 4.62. The highest BCUT2D eigenvalue weighted by Crippen LogP contribution is 2.61. The van der Waals surface area contributed by atoms with Crippen LogP contribution in [0.25, 0.3) is 11.2 Å². The summed E-state index contributed by atoms with van der Waals surface area (Å²) in [6.45, 7) is 0. The van der Waals surface area contributed by atoms with Crippen LogP contribution in [-0.2, 0) is 9.84 Å². The van der Waals surface area contributed by atoms with Gasteiger partial charge in [-0.2, -0.15) is 0 Å². The van der Waals surface area contributed by atoms with E-state index in [0.717, 1.165) is 25.7 Å². The third kappa shape index (κ3) is 3.25. The fourth-order valence-corrected chi connectivity index (χ4v) is 6.67. The van der Waals surface area contributed by atoms with E-state index in [-0.39, 0.29) is 39.4 Å². The van der Waals surface area contributed by atoms with E-state index >= 15 is 0 Å². The molecule has 0 bridgehead atoms. The van der Waals surface area contributed by atoms with Crippen molar-refractivity contribution in [3.8, 4) is 0 Å². The Hall–Kier alpha value is -2.39. The highest BCUT2D eigenvalue weighted by Gasteiger charge is 2.55. The minimum Gasteiger partial charge on any atom is -0.440 e. The normalized spacial score (nSPS) is 27.8. The van der Waals surface area contributed by atoms with Gasteiger partial charge in [-0.25, -0.2) is 18.4 Å². The van der Waals surface area contributed by atoms with Crippen molar-refractivity contribution in [1.82, 2.24) is 15.3 Å². The zero-order valence-electron chi connectivity index (χ0n) is 16.5. The number of fused-ring (bicyclic) bond motifs is 1. The van der Waals surface area contributed by atoms with E-state index in [0.29, 0.717) is 35.0 Å². The average molecular weight is 462 g/mol. The fourth-order valence-electron chi connectivity index (χ4n) is 4.97. The number of nitrogens with zero attached hydrogens (tertiary/aromatic N) is 2. The molecule has 1 amide bonds. The van der Waals surface area contributed by atoms with Crippen LogP contribution < -0.4 is 5.32 Å². The first kappa shape index (κ1) is 19.3. The Kier molecular flexibility index (Phi) is 4.08. The molecule has 3 aromatic heterocycles. The summed E-state index contributed by atoms with van der Waals surface area (Å²) < 4.78 is 35.6. The summed E-state index contributed by atoms with van der Waals surface area (Å²) in [5.41, 5.74) is 1.38. The summed E-state index contributed by atoms with van der Waals surface area (Å²) in [4.78, 5) is 21.1. The number of pyridine rings is 1. The Morgan fingerprint density at radius 1 is 1.16 bits per heavy atom. The molecule has 1 N–H and O–H groups in total. The zero-order chi connectivity index (χ0) is 21.4. The topological polar surface area (TPSA) is 115 Å². The van der Waals surface area contributed by atoms with Gasteiger partial charge in [-0.15, -0.1) is 0 Å². The molecule has 3 saturated carbocycles. The van der Waals surface area contributed by atoms with Gasteiger partial charge < -0.3 is 14.2 Å². The molecule has 0 aliphatic heterocycles. The van der Waals surface area contributed by atoms with Crippen LogP contribution in [0.5, 0.6) is 0 Å². The Morgan fingerprint density at radius 3 is 2.68 bits per heavy atom. The quantitative estimate of drug-likeness (QED) is 0.613. The summed E-state index contributed by atoms with van der Waals surface area (Å²) in [5, 5.41) is 3.02. The minimum absolute atomic E-state index is 0.0456. The van der Waals surface area contributed by atoms with E-state index in [2.05, 4.69) is 15.3 Å². The van der Waals surface area contributed by atoms with Crippen molar-refractivity contribution in [2.75, 3.05) is 0 Å². The Bertz CT molecular complexity index is 1300. The van der Waals surface area contributed by atoms with Crippen LogP contribution in [0.4, 0.5) is 0 Å². The van der Waals surface area contributed by atoms with E-state index in [1.165, 1.54) is 12.1 Å². The molecule has 0 radical (unpaired) electrons. The zero-order valence-corrected chi connectivity index (χ0v) is 18.1. The van der Waals surface area contributed by atoms with Gasteiger partial charge in [0.2, 0.25) is 26.5 Å². The number of hydrogen-bond acceptors (Lipinski definition) is 7. The van der Waals surface area contributed by atoms with Crippen molar-refractivity contribution in [2.24, 2.45) is 5.41 Å². The molecule has 10 heteroatoms. The number of furan rings is 1. The molecule has 0 atom stereocenters. The first-order valence-corrected chi connectivity index (χ1v) is 12.3. The Balaban J connectivity index is 1.04. The highest BCUT2D eigenvalue weighted by atomic mass is 35.5. The first-order chi connectivity index (χ1) is 14.8. The maximum Gasteiger partial charge on any atom is 0.287 e. The molecule has 8 nitrogen and oxygen atoms in total. The maximum absolute atomic E-state index is 12.5. The molecule has 1 spiro atoms. The second-order valence-corrected chi connectivity index (χ2v) is 11.7. The first-order valence-electron chi connectivity index (χ1n) is 10.4. The monoisotopic (exact) mass is 461 g/mol.